The molecule has 0 aromatic carbocycles. The number of nitrogens with two attached hydrogens (primary N) is 1. The monoisotopic (exact) mass is 227 g/mol. The van der Waals surface area contributed by atoms with E-state index in [1.54, 1.807) is 0 Å². The third-order valence-electron chi connectivity index (χ3n) is 3.56. The summed E-state index contributed by atoms with van der Waals surface area (Å²) >= 11 is 0. The third kappa shape index (κ3) is 3.19. The Labute approximate surface area is 98.5 Å². The van der Waals surface area contributed by atoms with Crippen molar-refractivity contribution in [2.24, 2.45) is 17.7 Å². The maximum atomic E-state index is 11.8. The summed E-state index contributed by atoms with van der Waals surface area (Å²) < 4.78 is 0. The Morgan fingerprint density at radius 2 is 2.25 bits per heavy atom. The molecule has 4 nitrogen and oxygen atoms in total. The van der Waals surface area contributed by atoms with Crippen molar-refractivity contribution in [2.45, 2.75) is 46.1 Å². The van der Waals surface area contributed by atoms with Crippen molar-refractivity contribution in [3.8, 4) is 0 Å². The zero-order valence-corrected chi connectivity index (χ0v) is 10.7. The number of amides is 1. The van der Waals surface area contributed by atoms with E-state index in [1.165, 1.54) is 19.3 Å². The number of hydrogen-bond acceptors (Lipinski definition) is 3. The van der Waals surface area contributed by atoms with E-state index >= 15 is 0 Å². The van der Waals surface area contributed by atoms with E-state index in [0.29, 0.717) is 5.92 Å². The SMILES string of the molecule is CCC1CCCN(C(C(=O)NN)C(C)C)C1. The molecule has 3 N–H and O–H groups in total. The minimum absolute atomic E-state index is 0.0493. The van der Waals surface area contributed by atoms with Gasteiger partial charge in [-0.05, 0) is 31.2 Å². The van der Waals surface area contributed by atoms with E-state index < -0.39 is 0 Å². The molecule has 2 unspecified atom stereocenters. The van der Waals surface area contributed by atoms with Crippen molar-refractivity contribution in [1.29, 1.82) is 0 Å². The van der Waals surface area contributed by atoms with Gasteiger partial charge in [0.15, 0.2) is 0 Å². The van der Waals surface area contributed by atoms with Crippen LogP contribution < -0.4 is 11.3 Å². The molecule has 1 saturated heterocycles. The highest BCUT2D eigenvalue weighted by Crippen LogP contribution is 2.23. The lowest BCUT2D eigenvalue weighted by Crippen LogP contribution is -2.54. The molecule has 0 aromatic heterocycles. The Hall–Kier alpha value is -0.610. The van der Waals surface area contributed by atoms with Crippen molar-refractivity contribution in [3.63, 3.8) is 0 Å². The second-order valence-corrected chi connectivity index (χ2v) is 5.11. The number of nitrogens with zero attached hydrogens (tertiary/aromatic N) is 1. The number of hydrogen-bond donors (Lipinski definition) is 2. The van der Waals surface area contributed by atoms with Gasteiger partial charge in [-0.25, -0.2) is 5.84 Å². The van der Waals surface area contributed by atoms with Crippen LogP contribution in [0.25, 0.3) is 0 Å². The molecule has 0 aromatic rings. The van der Waals surface area contributed by atoms with Gasteiger partial charge in [0.2, 0.25) is 0 Å². The number of hydrazine groups is 1. The second kappa shape index (κ2) is 6.21. The fraction of sp³-hybridized carbons (Fsp3) is 0.917. The molecular weight excluding hydrogens is 202 g/mol. The number of carbonyl (C=O) groups excluding carboxylic acids is 1. The molecule has 2 atom stereocenters. The van der Waals surface area contributed by atoms with E-state index in [2.05, 4.69) is 31.1 Å². The fourth-order valence-corrected chi connectivity index (χ4v) is 2.66. The van der Waals surface area contributed by atoms with Gasteiger partial charge in [0, 0.05) is 6.54 Å². The summed E-state index contributed by atoms with van der Waals surface area (Å²) in [6.45, 7) is 8.44. The lowest BCUT2D eigenvalue weighted by molar-refractivity contribution is -0.129. The first-order valence-electron chi connectivity index (χ1n) is 6.34. The molecular formula is C12H25N3O. The fourth-order valence-electron chi connectivity index (χ4n) is 2.66. The van der Waals surface area contributed by atoms with Gasteiger partial charge in [-0.15, -0.1) is 0 Å². The summed E-state index contributed by atoms with van der Waals surface area (Å²) in [5.41, 5.74) is 2.30. The van der Waals surface area contributed by atoms with Crippen molar-refractivity contribution < 1.29 is 4.79 Å². The highest BCUT2D eigenvalue weighted by molar-refractivity contribution is 5.81. The van der Waals surface area contributed by atoms with E-state index in [4.69, 9.17) is 5.84 Å². The lowest BCUT2D eigenvalue weighted by atomic mass is 9.92. The van der Waals surface area contributed by atoms with Gasteiger partial charge in [-0.3, -0.25) is 15.1 Å². The Bertz CT molecular complexity index is 230. The maximum Gasteiger partial charge on any atom is 0.251 e. The molecule has 1 fully saturated rings. The van der Waals surface area contributed by atoms with Gasteiger partial charge in [0.05, 0.1) is 6.04 Å². The third-order valence-corrected chi connectivity index (χ3v) is 3.56. The van der Waals surface area contributed by atoms with E-state index in [1.807, 2.05) is 0 Å². The average Bonchev–Trinajstić information content (AvgIpc) is 2.29. The molecule has 16 heavy (non-hydrogen) atoms. The summed E-state index contributed by atoms with van der Waals surface area (Å²) in [6.07, 6.45) is 3.69. The standard InChI is InChI=1S/C12H25N3O/c1-4-10-6-5-7-15(8-10)11(9(2)3)12(16)14-13/h9-11H,4-8,13H2,1-3H3,(H,14,16). The summed E-state index contributed by atoms with van der Waals surface area (Å²) in [5, 5.41) is 0. The van der Waals surface area contributed by atoms with E-state index in [9.17, 15) is 4.79 Å². The molecule has 0 radical (unpaired) electrons. The first-order valence-corrected chi connectivity index (χ1v) is 6.34. The molecule has 0 bridgehead atoms. The van der Waals surface area contributed by atoms with Crippen LogP contribution >= 0.6 is 0 Å². The van der Waals surface area contributed by atoms with Crippen LogP contribution in [0.5, 0.6) is 0 Å². The quantitative estimate of drug-likeness (QED) is 0.430. The summed E-state index contributed by atoms with van der Waals surface area (Å²) in [5.74, 6) is 6.25. The Balaban J connectivity index is 2.66. The molecule has 1 aliphatic heterocycles. The molecule has 1 heterocycles. The van der Waals surface area contributed by atoms with Crippen LogP contribution in [0.4, 0.5) is 0 Å². The van der Waals surface area contributed by atoms with Crippen LogP contribution in [-0.4, -0.2) is 29.9 Å². The number of nitrogens with one attached hydrogen (secondary N) is 1. The van der Waals surface area contributed by atoms with Crippen LogP contribution in [0.2, 0.25) is 0 Å². The van der Waals surface area contributed by atoms with Crippen molar-refractivity contribution in [1.82, 2.24) is 10.3 Å². The number of carbonyl (C=O) groups is 1. The van der Waals surface area contributed by atoms with Crippen LogP contribution in [0.15, 0.2) is 0 Å². The largest absolute Gasteiger partial charge is 0.293 e. The lowest BCUT2D eigenvalue weighted by Gasteiger charge is -2.38. The van der Waals surface area contributed by atoms with Crippen LogP contribution in [0.1, 0.15) is 40.0 Å². The smallest absolute Gasteiger partial charge is 0.251 e. The first-order chi connectivity index (χ1) is 7.60. The second-order valence-electron chi connectivity index (χ2n) is 5.11. The summed E-state index contributed by atoms with van der Waals surface area (Å²) in [6, 6.07) is -0.0700. The average molecular weight is 227 g/mol. The molecule has 1 aliphatic rings. The van der Waals surface area contributed by atoms with E-state index in [0.717, 1.165) is 19.0 Å². The molecule has 4 heteroatoms. The highest BCUT2D eigenvalue weighted by Gasteiger charge is 2.31. The molecule has 1 rings (SSSR count). The Morgan fingerprint density at radius 3 is 2.75 bits per heavy atom. The van der Waals surface area contributed by atoms with Crippen LogP contribution in [0.3, 0.4) is 0 Å². The molecule has 94 valence electrons. The van der Waals surface area contributed by atoms with Crippen molar-refractivity contribution in [2.75, 3.05) is 13.1 Å². The van der Waals surface area contributed by atoms with E-state index in [-0.39, 0.29) is 11.9 Å². The van der Waals surface area contributed by atoms with Gasteiger partial charge < -0.3 is 0 Å². The van der Waals surface area contributed by atoms with Gasteiger partial charge in [0.1, 0.15) is 0 Å². The number of piperidine rings is 1. The molecule has 0 aliphatic carbocycles. The predicted octanol–water partition coefficient (Wildman–Crippen LogP) is 1.12. The maximum absolute atomic E-state index is 11.8. The van der Waals surface area contributed by atoms with Gasteiger partial charge in [-0.2, -0.15) is 0 Å². The predicted molar refractivity (Wildman–Crippen MR) is 65.5 cm³/mol. The Kier molecular flexibility index (Phi) is 5.22. The molecule has 1 amide bonds. The summed E-state index contributed by atoms with van der Waals surface area (Å²) in [7, 11) is 0. The number of likely N-dealkylation sites (tertiary alicyclic amines) is 1. The zero-order valence-electron chi connectivity index (χ0n) is 10.7. The summed E-state index contributed by atoms with van der Waals surface area (Å²) in [4.78, 5) is 14.1. The normalized spacial score (nSPS) is 24.4. The Morgan fingerprint density at radius 1 is 1.56 bits per heavy atom. The first kappa shape index (κ1) is 13.5. The van der Waals surface area contributed by atoms with Crippen LogP contribution in [0, 0.1) is 11.8 Å². The van der Waals surface area contributed by atoms with Crippen molar-refractivity contribution in [3.05, 3.63) is 0 Å². The minimum Gasteiger partial charge on any atom is -0.293 e. The minimum atomic E-state index is -0.0700. The topological polar surface area (TPSA) is 58.4 Å². The van der Waals surface area contributed by atoms with Crippen LogP contribution in [-0.2, 0) is 4.79 Å². The van der Waals surface area contributed by atoms with Crippen molar-refractivity contribution >= 4 is 5.91 Å². The highest BCUT2D eigenvalue weighted by atomic mass is 16.2. The number of rotatable bonds is 4. The van der Waals surface area contributed by atoms with Gasteiger partial charge >= 0.3 is 0 Å². The zero-order chi connectivity index (χ0) is 12.1. The molecule has 0 saturated carbocycles. The molecule has 0 spiro atoms. The van der Waals surface area contributed by atoms with Gasteiger partial charge in [0.25, 0.3) is 5.91 Å². The van der Waals surface area contributed by atoms with Gasteiger partial charge in [-0.1, -0.05) is 27.2 Å².